The van der Waals surface area contributed by atoms with E-state index < -0.39 is 0 Å². The number of carbonyl (C=O) groups is 1. The minimum absolute atomic E-state index is 0.0464. The van der Waals surface area contributed by atoms with Crippen molar-refractivity contribution in [2.24, 2.45) is 0 Å². The summed E-state index contributed by atoms with van der Waals surface area (Å²) < 4.78 is 0. The molecule has 2 heteroatoms. The number of aryl methyl sites for hydroxylation is 1. The van der Waals surface area contributed by atoms with Crippen molar-refractivity contribution in [2.45, 2.75) is 38.6 Å². The lowest BCUT2D eigenvalue weighted by Crippen LogP contribution is -2.29. The molecule has 2 aromatic carbocycles. The van der Waals surface area contributed by atoms with E-state index in [1.54, 1.807) is 0 Å². The van der Waals surface area contributed by atoms with Crippen LogP contribution < -0.4 is 0 Å². The highest BCUT2D eigenvalue weighted by atomic mass is 16.1. The zero-order valence-electron chi connectivity index (χ0n) is 14.6. The highest BCUT2D eigenvalue weighted by Gasteiger charge is 2.23. The molecule has 0 N–H and O–H groups in total. The van der Waals surface area contributed by atoms with Gasteiger partial charge in [-0.2, -0.15) is 0 Å². The molecule has 0 aliphatic heterocycles. The zero-order valence-corrected chi connectivity index (χ0v) is 14.6. The molecule has 23 heavy (non-hydrogen) atoms. The summed E-state index contributed by atoms with van der Waals surface area (Å²) >= 11 is 0. The van der Waals surface area contributed by atoms with Gasteiger partial charge in [-0.3, -0.25) is 4.79 Å². The smallest absolute Gasteiger partial charge is 0.144 e. The van der Waals surface area contributed by atoms with Gasteiger partial charge in [0.2, 0.25) is 0 Å². The average molecular weight is 309 g/mol. The molecule has 0 saturated carbocycles. The van der Waals surface area contributed by atoms with E-state index in [4.69, 9.17) is 0 Å². The fourth-order valence-electron chi connectivity index (χ4n) is 2.72. The third-order valence-electron chi connectivity index (χ3n) is 4.55. The maximum Gasteiger partial charge on any atom is 0.144 e. The summed E-state index contributed by atoms with van der Waals surface area (Å²) in [5.74, 6) is 0.253. The van der Waals surface area contributed by atoms with Gasteiger partial charge in [-0.25, -0.2) is 0 Å². The van der Waals surface area contributed by atoms with E-state index >= 15 is 0 Å². The van der Waals surface area contributed by atoms with Crippen LogP contribution in [0.3, 0.4) is 0 Å². The van der Waals surface area contributed by atoms with E-state index in [9.17, 15) is 4.79 Å². The minimum Gasteiger partial charge on any atom is -0.307 e. The van der Waals surface area contributed by atoms with Crippen molar-refractivity contribution in [2.75, 3.05) is 14.1 Å². The van der Waals surface area contributed by atoms with Crippen molar-refractivity contribution in [3.05, 3.63) is 71.3 Å². The van der Waals surface area contributed by atoms with Crippen LogP contribution in [0.4, 0.5) is 0 Å². The van der Waals surface area contributed by atoms with Crippen LogP contribution in [-0.4, -0.2) is 30.8 Å². The SMILES string of the molecule is Cc1ccc(CC(=O)C(CC(C)N(C)C)c2ccccc2)cc1. The lowest BCUT2D eigenvalue weighted by molar-refractivity contribution is -0.120. The van der Waals surface area contributed by atoms with Gasteiger partial charge in [0.1, 0.15) is 5.78 Å². The van der Waals surface area contributed by atoms with Gasteiger partial charge in [-0.05, 0) is 45.5 Å². The second-order valence-electron chi connectivity index (χ2n) is 6.64. The first kappa shape index (κ1) is 17.4. The maximum absolute atomic E-state index is 12.9. The number of nitrogens with zero attached hydrogens (tertiary/aromatic N) is 1. The predicted octanol–water partition coefficient (Wildman–Crippen LogP) is 4.23. The summed E-state index contributed by atoms with van der Waals surface area (Å²) in [5, 5.41) is 0. The Labute approximate surface area is 140 Å². The molecule has 2 unspecified atom stereocenters. The summed E-state index contributed by atoms with van der Waals surface area (Å²) in [6.45, 7) is 4.24. The van der Waals surface area contributed by atoms with E-state index in [-0.39, 0.29) is 5.92 Å². The van der Waals surface area contributed by atoms with Crippen LogP contribution >= 0.6 is 0 Å². The molecule has 122 valence electrons. The number of hydrogen-bond donors (Lipinski definition) is 0. The molecule has 0 amide bonds. The number of ketones is 1. The van der Waals surface area contributed by atoms with Crippen LogP contribution in [0.15, 0.2) is 54.6 Å². The van der Waals surface area contributed by atoms with Crippen molar-refractivity contribution in [3.63, 3.8) is 0 Å². The molecule has 0 saturated heterocycles. The lowest BCUT2D eigenvalue weighted by atomic mass is 9.86. The van der Waals surface area contributed by atoms with Crippen LogP contribution in [-0.2, 0) is 11.2 Å². The molecule has 2 nitrogen and oxygen atoms in total. The molecule has 2 aromatic rings. The summed E-state index contributed by atoms with van der Waals surface area (Å²) in [4.78, 5) is 15.1. The fourth-order valence-corrected chi connectivity index (χ4v) is 2.72. The average Bonchev–Trinajstić information content (AvgIpc) is 2.55. The van der Waals surface area contributed by atoms with Crippen molar-refractivity contribution in [1.82, 2.24) is 4.90 Å². The Kier molecular flexibility index (Phi) is 6.12. The van der Waals surface area contributed by atoms with Gasteiger partial charge < -0.3 is 4.90 Å². The first-order valence-electron chi connectivity index (χ1n) is 8.27. The quantitative estimate of drug-likeness (QED) is 0.763. The van der Waals surface area contributed by atoms with Gasteiger partial charge in [-0.15, -0.1) is 0 Å². The van der Waals surface area contributed by atoms with Crippen LogP contribution in [0.5, 0.6) is 0 Å². The zero-order chi connectivity index (χ0) is 16.8. The van der Waals surface area contributed by atoms with Gasteiger partial charge in [-0.1, -0.05) is 60.2 Å². The summed E-state index contributed by atoms with van der Waals surface area (Å²) in [5.41, 5.74) is 3.44. The number of rotatable bonds is 7. The Balaban J connectivity index is 2.18. The van der Waals surface area contributed by atoms with E-state index in [0.717, 1.165) is 17.5 Å². The van der Waals surface area contributed by atoms with Crippen molar-refractivity contribution < 1.29 is 4.79 Å². The van der Waals surface area contributed by atoms with Crippen LogP contribution in [0.1, 0.15) is 36.0 Å². The Hall–Kier alpha value is -1.93. The van der Waals surface area contributed by atoms with Gasteiger partial charge in [0.05, 0.1) is 0 Å². The van der Waals surface area contributed by atoms with Crippen LogP contribution in [0.2, 0.25) is 0 Å². The Morgan fingerprint density at radius 3 is 2.17 bits per heavy atom. The Morgan fingerprint density at radius 2 is 1.61 bits per heavy atom. The van der Waals surface area contributed by atoms with Gasteiger partial charge in [0, 0.05) is 18.4 Å². The summed E-state index contributed by atoms with van der Waals surface area (Å²) in [7, 11) is 4.13. The Morgan fingerprint density at radius 1 is 1.00 bits per heavy atom. The number of hydrogen-bond acceptors (Lipinski definition) is 2. The molecule has 0 radical (unpaired) electrons. The third-order valence-corrected chi connectivity index (χ3v) is 4.55. The molecule has 0 aromatic heterocycles. The van der Waals surface area contributed by atoms with E-state index in [1.807, 2.05) is 18.2 Å². The molecule has 0 aliphatic rings. The third kappa shape index (κ3) is 5.04. The molecular weight excluding hydrogens is 282 g/mol. The molecule has 2 atom stereocenters. The second-order valence-corrected chi connectivity index (χ2v) is 6.64. The Bertz CT molecular complexity index is 616. The monoisotopic (exact) mass is 309 g/mol. The number of carbonyl (C=O) groups excluding carboxylic acids is 1. The first-order valence-corrected chi connectivity index (χ1v) is 8.27. The molecule has 0 spiro atoms. The molecule has 0 fully saturated rings. The predicted molar refractivity (Wildman–Crippen MR) is 96.8 cm³/mol. The van der Waals surface area contributed by atoms with Gasteiger partial charge in [0.25, 0.3) is 0 Å². The maximum atomic E-state index is 12.9. The van der Waals surface area contributed by atoms with E-state index in [2.05, 4.69) is 69.2 Å². The van der Waals surface area contributed by atoms with Crippen molar-refractivity contribution in [1.29, 1.82) is 0 Å². The highest BCUT2D eigenvalue weighted by Crippen LogP contribution is 2.25. The second kappa shape index (κ2) is 8.07. The van der Waals surface area contributed by atoms with Gasteiger partial charge >= 0.3 is 0 Å². The number of benzene rings is 2. The highest BCUT2D eigenvalue weighted by molar-refractivity contribution is 5.87. The molecule has 0 heterocycles. The first-order chi connectivity index (χ1) is 11.0. The largest absolute Gasteiger partial charge is 0.307 e. The summed E-state index contributed by atoms with van der Waals surface area (Å²) in [6.07, 6.45) is 1.35. The number of Topliss-reactive ketones (excluding diaryl/α,β-unsaturated/α-hetero) is 1. The topological polar surface area (TPSA) is 20.3 Å². The standard InChI is InChI=1S/C21H27NO/c1-16-10-12-18(13-11-16)15-21(23)20(14-17(2)22(3)4)19-8-6-5-7-9-19/h5-13,17,20H,14-15H2,1-4H3. The van der Waals surface area contributed by atoms with E-state index in [1.165, 1.54) is 5.56 Å². The minimum atomic E-state index is -0.0464. The van der Waals surface area contributed by atoms with Gasteiger partial charge in [0.15, 0.2) is 0 Å². The molecule has 0 bridgehead atoms. The van der Waals surface area contributed by atoms with E-state index in [0.29, 0.717) is 18.2 Å². The summed E-state index contributed by atoms with van der Waals surface area (Å²) in [6, 6.07) is 18.8. The molecule has 2 rings (SSSR count). The fraction of sp³-hybridized carbons (Fsp3) is 0.381. The lowest BCUT2D eigenvalue weighted by Gasteiger charge is -2.25. The van der Waals surface area contributed by atoms with Crippen LogP contribution in [0, 0.1) is 6.92 Å². The molecular formula is C21H27NO. The van der Waals surface area contributed by atoms with Crippen LogP contribution in [0.25, 0.3) is 0 Å². The van der Waals surface area contributed by atoms with Crippen molar-refractivity contribution >= 4 is 5.78 Å². The molecule has 0 aliphatic carbocycles. The van der Waals surface area contributed by atoms with Crippen molar-refractivity contribution in [3.8, 4) is 0 Å². The normalized spacial score (nSPS) is 13.8.